The summed E-state index contributed by atoms with van der Waals surface area (Å²) in [6, 6.07) is 2.51. The maximum atomic E-state index is 11.9. The lowest BCUT2D eigenvalue weighted by Crippen LogP contribution is -2.28. The van der Waals surface area contributed by atoms with E-state index in [1.165, 1.54) is 12.8 Å². The van der Waals surface area contributed by atoms with E-state index < -0.39 is 0 Å². The van der Waals surface area contributed by atoms with Crippen LogP contribution < -0.4 is 10.6 Å². The highest BCUT2D eigenvalue weighted by Gasteiger charge is 2.19. The van der Waals surface area contributed by atoms with Gasteiger partial charge in [-0.05, 0) is 45.7 Å². The van der Waals surface area contributed by atoms with E-state index in [4.69, 9.17) is 0 Å². The number of carbonyl (C=O) groups excluding carboxylic acids is 1. The summed E-state index contributed by atoms with van der Waals surface area (Å²) in [4.78, 5) is 11.9. The molecule has 1 fully saturated rings. The van der Waals surface area contributed by atoms with Crippen molar-refractivity contribution in [2.75, 3.05) is 13.1 Å². The average Bonchev–Trinajstić information content (AvgIpc) is 3.15. The third-order valence-corrected chi connectivity index (χ3v) is 2.99. The van der Waals surface area contributed by atoms with Crippen LogP contribution in [-0.2, 0) is 0 Å². The zero-order valence-corrected chi connectivity index (χ0v) is 11.0. The van der Waals surface area contributed by atoms with Gasteiger partial charge >= 0.3 is 0 Å². The number of rotatable bonds is 6. The molecule has 1 aromatic rings. The highest BCUT2D eigenvalue weighted by Crippen LogP contribution is 2.18. The molecule has 0 bridgehead atoms. The van der Waals surface area contributed by atoms with Crippen LogP contribution >= 0.6 is 0 Å². The molecule has 0 atom stereocenters. The Kier molecular flexibility index (Phi) is 4.25. The van der Waals surface area contributed by atoms with Gasteiger partial charge in [0.2, 0.25) is 0 Å². The maximum absolute atomic E-state index is 11.9. The summed E-state index contributed by atoms with van der Waals surface area (Å²) in [5.41, 5.74) is 2.06. The summed E-state index contributed by atoms with van der Waals surface area (Å²) in [7, 11) is 0. The standard InChI is InChI=1S/C13H20N4O/c1-9-8-12(10(2)17-16-9)13(18)15-7-3-6-14-11-4-5-11/h8,11,14H,3-7H2,1-2H3,(H,15,18). The highest BCUT2D eigenvalue weighted by molar-refractivity contribution is 5.95. The zero-order chi connectivity index (χ0) is 13.0. The SMILES string of the molecule is Cc1cc(C(=O)NCCCNC2CC2)c(C)nn1. The highest BCUT2D eigenvalue weighted by atomic mass is 16.1. The first-order valence-electron chi connectivity index (χ1n) is 6.49. The van der Waals surface area contributed by atoms with Crippen molar-refractivity contribution in [1.82, 2.24) is 20.8 Å². The van der Waals surface area contributed by atoms with Crippen LogP contribution in [0.5, 0.6) is 0 Å². The van der Waals surface area contributed by atoms with E-state index in [9.17, 15) is 4.79 Å². The zero-order valence-electron chi connectivity index (χ0n) is 11.0. The van der Waals surface area contributed by atoms with Gasteiger partial charge in [0.05, 0.1) is 17.0 Å². The van der Waals surface area contributed by atoms with Gasteiger partial charge in [-0.3, -0.25) is 4.79 Å². The van der Waals surface area contributed by atoms with E-state index in [0.717, 1.165) is 24.7 Å². The summed E-state index contributed by atoms with van der Waals surface area (Å²) in [5, 5.41) is 14.2. The molecule has 18 heavy (non-hydrogen) atoms. The summed E-state index contributed by atoms with van der Waals surface area (Å²) >= 11 is 0. The van der Waals surface area contributed by atoms with Gasteiger partial charge < -0.3 is 10.6 Å². The lowest BCUT2D eigenvalue weighted by Gasteiger charge is -2.07. The van der Waals surface area contributed by atoms with Gasteiger partial charge in [-0.15, -0.1) is 0 Å². The molecule has 1 aromatic heterocycles. The lowest BCUT2D eigenvalue weighted by atomic mass is 10.2. The van der Waals surface area contributed by atoms with Crippen LogP contribution in [0.2, 0.25) is 0 Å². The first-order chi connectivity index (χ1) is 8.66. The van der Waals surface area contributed by atoms with E-state index in [1.807, 2.05) is 6.92 Å². The minimum Gasteiger partial charge on any atom is -0.352 e. The minimum absolute atomic E-state index is 0.0584. The second-order valence-corrected chi connectivity index (χ2v) is 4.82. The van der Waals surface area contributed by atoms with Gasteiger partial charge in [-0.1, -0.05) is 0 Å². The molecule has 1 aliphatic carbocycles. The molecule has 5 nitrogen and oxygen atoms in total. The van der Waals surface area contributed by atoms with Crippen LogP contribution in [0.15, 0.2) is 6.07 Å². The number of carbonyl (C=O) groups is 1. The fourth-order valence-electron chi connectivity index (χ4n) is 1.76. The molecule has 2 rings (SSSR count). The second kappa shape index (κ2) is 5.91. The molecule has 1 amide bonds. The Labute approximate surface area is 107 Å². The average molecular weight is 248 g/mol. The van der Waals surface area contributed by atoms with Crippen molar-refractivity contribution in [3.8, 4) is 0 Å². The van der Waals surface area contributed by atoms with Crippen molar-refractivity contribution in [2.24, 2.45) is 0 Å². The molecule has 0 saturated heterocycles. The fourth-order valence-corrected chi connectivity index (χ4v) is 1.76. The van der Waals surface area contributed by atoms with Crippen molar-refractivity contribution in [3.05, 3.63) is 23.0 Å². The van der Waals surface area contributed by atoms with Crippen molar-refractivity contribution in [2.45, 2.75) is 39.2 Å². The monoisotopic (exact) mass is 248 g/mol. The molecular weight excluding hydrogens is 228 g/mol. The van der Waals surface area contributed by atoms with Crippen LogP contribution in [0, 0.1) is 13.8 Å². The molecule has 1 saturated carbocycles. The smallest absolute Gasteiger partial charge is 0.253 e. The van der Waals surface area contributed by atoms with E-state index in [1.54, 1.807) is 13.0 Å². The Morgan fingerprint density at radius 1 is 1.33 bits per heavy atom. The number of aromatic nitrogens is 2. The molecule has 1 heterocycles. The Balaban J connectivity index is 1.74. The van der Waals surface area contributed by atoms with Gasteiger partial charge in [0.15, 0.2) is 0 Å². The van der Waals surface area contributed by atoms with Gasteiger partial charge in [0.25, 0.3) is 5.91 Å². The maximum Gasteiger partial charge on any atom is 0.253 e. The van der Waals surface area contributed by atoms with Crippen LogP contribution in [0.4, 0.5) is 0 Å². The third-order valence-electron chi connectivity index (χ3n) is 2.99. The first-order valence-corrected chi connectivity index (χ1v) is 6.49. The van der Waals surface area contributed by atoms with E-state index in [-0.39, 0.29) is 5.91 Å². The Morgan fingerprint density at radius 2 is 2.11 bits per heavy atom. The summed E-state index contributed by atoms with van der Waals surface area (Å²) in [6.45, 7) is 5.30. The van der Waals surface area contributed by atoms with Gasteiger partial charge in [0.1, 0.15) is 0 Å². The molecular formula is C13H20N4O. The Bertz CT molecular complexity index is 429. The van der Waals surface area contributed by atoms with Crippen LogP contribution in [0.1, 0.15) is 41.0 Å². The fraction of sp³-hybridized carbons (Fsp3) is 0.615. The topological polar surface area (TPSA) is 66.9 Å². The summed E-state index contributed by atoms with van der Waals surface area (Å²) in [6.07, 6.45) is 3.56. The van der Waals surface area contributed by atoms with E-state index in [2.05, 4.69) is 20.8 Å². The van der Waals surface area contributed by atoms with Crippen LogP contribution in [-0.4, -0.2) is 35.2 Å². The summed E-state index contributed by atoms with van der Waals surface area (Å²) < 4.78 is 0. The molecule has 2 N–H and O–H groups in total. The second-order valence-electron chi connectivity index (χ2n) is 4.82. The lowest BCUT2D eigenvalue weighted by molar-refractivity contribution is 0.0952. The number of nitrogens with zero attached hydrogens (tertiary/aromatic N) is 2. The van der Waals surface area contributed by atoms with Crippen molar-refractivity contribution in [1.29, 1.82) is 0 Å². The normalized spacial score (nSPS) is 14.6. The predicted octanol–water partition coefficient (Wildman–Crippen LogP) is 0.965. The van der Waals surface area contributed by atoms with Crippen LogP contribution in [0.25, 0.3) is 0 Å². The number of hydrogen-bond acceptors (Lipinski definition) is 4. The molecule has 0 aliphatic heterocycles. The number of amides is 1. The summed E-state index contributed by atoms with van der Waals surface area (Å²) in [5.74, 6) is -0.0584. The van der Waals surface area contributed by atoms with Crippen molar-refractivity contribution < 1.29 is 4.79 Å². The molecule has 1 aliphatic rings. The minimum atomic E-state index is -0.0584. The number of nitrogens with one attached hydrogen (secondary N) is 2. The van der Waals surface area contributed by atoms with Gasteiger partial charge in [-0.2, -0.15) is 10.2 Å². The molecule has 0 spiro atoms. The van der Waals surface area contributed by atoms with Gasteiger partial charge in [0, 0.05) is 12.6 Å². The quantitative estimate of drug-likeness (QED) is 0.736. The third kappa shape index (κ3) is 3.77. The Morgan fingerprint density at radius 3 is 2.83 bits per heavy atom. The molecule has 0 unspecified atom stereocenters. The predicted molar refractivity (Wildman–Crippen MR) is 69.5 cm³/mol. The molecule has 0 aromatic carbocycles. The Hall–Kier alpha value is -1.49. The largest absolute Gasteiger partial charge is 0.352 e. The number of hydrogen-bond donors (Lipinski definition) is 2. The van der Waals surface area contributed by atoms with Crippen molar-refractivity contribution in [3.63, 3.8) is 0 Å². The molecule has 0 radical (unpaired) electrons. The first kappa shape index (κ1) is 13.0. The molecule has 5 heteroatoms. The van der Waals surface area contributed by atoms with Gasteiger partial charge in [-0.25, -0.2) is 0 Å². The number of aryl methyl sites for hydroxylation is 2. The van der Waals surface area contributed by atoms with E-state index >= 15 is 0 Å². The van der Waals surface area contributed by atoms with E-state index in [0.29, 0.717) is 17.8 Å². The van der Waals surface area contributed by atoms with Crippen molar-refractivity contribution >= 4 is 5.91 Å². The van der Waals surface area contributed by atoms with Crippen LogP contribution in [0.3, 0.4) is 0 Å². The molecule has 98 valence electrons.